The van der Waals surface area contributed by atoms with Crippen LogP contribution in [0.2, 0.25) is 0 Å². The van der Waals surface area contributed by atoms with E-state index >= 15 is 0 Å². The zero-order chi connectivity index (χ0) is 13.5. The van der Waals surface area contributed by atoms with Crippen molar-refractivity contribution in [1.29, 1.82) is 0 Å². The first-order chi connectivity index (χ1) is 9.86. The Balaban J connectivity index is 1.73. The molecule has 2 aliphatic rings. The van der Waals surface area contributed by atoms with Crippen molar-refractivity contribution in [2.24, 2.45) is 17.8 Å². The molecule has 2 fully saturated rings. The van der Waals surface area contributed by atoms with Crippen molar-refractivity contribution in [2.45, 2.75) is 25.2 Å². The second kappa shape index (κ2) is 4.89. The number of hydrogen-bond donors (Lipinski definition) is 1. The van der Waals surface area contributed by atoms with Crippen molar-refractivity contribution in [1.82, 2.24) is 5.32 Å². The Labute approximate surface area is 121 Å². The highest BCUT2D eigenvalue weighted by molar-refractivity contribution is 5.83. The SMILES string of the molecule is CNC[C@@H]1[C@H]2CC[C@@H](C2)[C@H]1c1ccc2ccccc2c1. The topological polar surface area (TPSA) is 12.0 Å². The van der Waals surface area contributed by atoms with Gasteiger partial charge in [0.05, 0.1) is 0 Å². The molecule has 0 amide bonds. The highest BCUT2D eigenvalue weighted by Gasteiger charge is 2.47. The van der Waals surface area contributed by atoms with Gasteiger partial charge in [0.2, 0.25) is 0 Å². The van der Waals surface area contributed by atoms with E-state index in [9.17, 15) is 0 Å². The maximum atomic E-state index is 3.43. The van der Waals surface area contributed by atoms with Gasteiger partial charge in [-0.05, 0) is 72.9 Å². The molecule has 2 bridgehead atoms. The van der Waals surface area contributed by atoms with E-state index in [0.29, 0.717) is 0 Å². The Morgan fingerprint density at radius 1 is 1.00 bits per heavy atom. The predicted molar refractivity (Wildman–Crippen MR) is 84.9 cm³/mol. The maximum absolute atomic E-state index is 3.43. The molecular formula is C19H23N. The summed E-state index contributed by atoms with van der Waals surface area (Å²) >= 11 is 0. The smallest absolute Gasteiger partial charge is 0.00149 e. The van der Waals surface area contributed by atoms with Crippen LogP contribution >= 0.6 is 0 Å². The van der Waals surface area contributed by atoms with E-state index in [1.165, 1.54) is 36.6 Å². The Kier molecular flexibility index (Phi) is 3.03. The van der Waals surface area contributed by atoms with Crippen molar-refractivity contribution in [2.75, 3.05) is 13.6 Å². The van der Waals surface area contributed by atoms with Crippen molar-refractivity contribution < 1.29 is 0 Å². The molecule has 1 heteroatoms. The molecule has 2 saturated carbocycles. The third kappa shape index (κ3) is 1.88. The monoisotopic (exact) mass is 265 g/mol. The quantitative estimate of drug-likeness (QED) is 0.877. The molecular weight excluding hydrogens is 242 g/mol. The summed E-state index contributed by atoms with van der Waals surface area (Å²) in [6.07, 6.45) is 4.37. The Bertz CT molecular complexity index is 618. The van der Waals surface area contributed by atoms with Crippen LogP contribution in [0.3, 0.4) is 0 Å². The van der Waals surface area contributed by atoms with Crippen LogP contribution in [0.4, 0.5) is 0 Å². The molecule has 104 valence electrons. The van der Waals surface area contributed by atoms with E-state index in [0.717, 1.165) is 23.7 Å². The third-order valence-corrected chi connectivity index (χ3v) is 5.69. The minimum Gasteiger partial charge on any atom is -0.319 e. The number of benzene rings is 2. The van der Waals surface area contributed by atoms with Crippen molar-refractivity contribution in [3.05, 3.63) is 48.0 Å². The zero-order valence-corrected chi connectivity index (χ0v) is 12.2. The van der Waals surface area contributed by atoms with E-state index in [1.54, 1.807) is 5.56 Å². The average molecular weight is 265 g/mol. The summed E-state index contributed by atoms with van der Waals surface area (Å²) in [5, 5.41) is 6.20. The average Bonchev–Trinajstić information content (AvgIpc) is 3.08. The largest absolute Gasteiger partial charge is 0.319 e. The molecule has 0 spiro atoms. The van der Waals surface area contributed by atoms with Crippen LogP contribution in [0.1, 0.15) is 30.7 Å². The fourth-order valence-electron chi connectivity index (χ4n) is 4.87. The predicted octanol–water partition coefficient (Wildman–Crippen LogP) is 4.19. The standard InChI is InChI=1S/C19H23N/c1-20-12-18-15-7-9-17(11-15)19(18)16-8-6-13-4-2-3-5-14(13)10-16/h2-6,8,10,15,17-20H,7,9,11-12H2,1H3/t15-,17-,18+,19+/m0/s1. The van der Waals surface area contributed by atoms with Gasteiger partial charge < -0.3 is 5.32 Å². The Morgan fingerprint density at radius 2 is 1.80 bits per heavy atom. The van der Waals surface area contributed by atoms with E-state index in [4.69, 9.17) is 0 Å². The molecule has 0 aromatic heterocycles. The van der Waals surface area contributed by atoms with Gasteiger partial charge in [-0.3, -0.25) is 0 Å². The molecule has 4 atom stereocenters. The summed E-state index contributed by atoms with van der Waals surface area (Å²) in [5.74, 6) is 3.52. The van der Waals surface area contributed by atoms with Crippen LogP contribution in [-0.2, 0) is 0 Å². The van der Waals surface area contributed by atoms with Gasteiger partial charge in [-0.2, -0.15) is 0 Å². The van der Waals surface area contributed by atoms with Crippen LogP contribution in [-0.4, -0.2) is 13.6 Å². The maximum Gasteiger partial charge on any atom is -0.00149 e. The van der Waals surface area contributed by atoms with Crippen LogP contribution < -0.4 is 5.32 Å². The molecule has 2 aliphatic carbocycles. The van der Waals surface area contributed by atoms with E-state index in [2.05, 4.69) is 54.8 Å². The lowest BCUT2D eigenvalue weighted by Crippen LogP contribution is -2.29. The molecule has 2 aromatic carbocycles. The van der Waals surface area contributed by atoms with E-state index in [1.807, 2.05) is 0 Å². The molecule has 1 N–H and O–H groups in total. The fourth-order valence-corrected chi connectivity index (χ4v) is 4.87. The minimum atomic E-state index is 0.783. The molecule has 1 nitrogen and oxygen atoms in total. The van der Waals surface area contributed by atoms with E-state index < -0.39 is 0 Å². The lowest BCUT2D eigenvalue weighted by molar-refractivity contribution is 0.282. The molecule has 20 heavy (non-hydrogen) atoms. The molecule has 0 saturated heterocycles. The Morgan fingerprint density at radius 3 is 2.65 bits per heavy atom. The Hall–Kier alpha value is -1.34. The molecule has 4 rings (SSSR count). The normalized spacial score (nSPS) is 32.0. The van der Waals surface area contributed by atoms with Crippen LogP contribution in [0.5, 0.6) is 0 Å². The van der Waals surface area contributed by atoms with Gasteiger partial charge in [0.15, 0.2) is 0 Å². The van der Waals surface area contributed by atoms with Crippen molar-refractivity contribution in [3.63, 3.8) is 0 Å². The molecule has 0 unspecified atom stereocenters. The lowest BCUT2D eigenvalue weighted by atomic mass is 9.75. The second-order valence-electron chi connectivity index (χ2n) is 6.69. The molecule has 0 aliphatic heterocycles. The van der Waals surface area contributed by atoms with Gasteiger partial charge in [-0.15, -0.1) is 0 Å². The number of nitrogens with one attached hydrogen (secondary N) is 1. The highest BCUT2D eigenvalue weighted by Crippen LogP contribution is 2.56. The number of hydrogen-bond acceptors (Lipinski definition) is 1. The van der Waals surface area contributed by atoms with Gasteiger partial charge in [-0.1, -0.05) is 42.5 Å². The van der Waals surface area contributed by atoms with Gasteiger partial charge in [0, 0.05) is 0 Å². The van der Waals surface area contributed by atoms with Crippen LogP contribution in [0.25, 0.3) is 10.8 Å². The summed E-state index contributed by atoms with van der Waals surface area (Å²) in [4.78, 5) is 0. The first-order valence-corrected chi connectivity index (χ1v) is 8.00. The first kappa shape index (κ1) is 12.4. The summed E-state index contributed by atoms with van der Waals surface area (Å²) < 4.78 is 0. The zero-order valence-electron chi connectivity index (χ0n) is 12.2. The van der Waals surface area contributed by atoms with Gasteiger partial charge in [0.25, 0.3) is 0 Å². The summed E-state index contributed by atoms with van der Waals surface area (Å²) in [7, 11) is 2.10. The molecule has 2 aromatic rings. The summed E-state index contributed by atoms with van der Waals surface area (Å²) in [5.41, 5.74) is 1.58. The van der Waals surface area contributed by atoms with Gasteiger partial charge in [0.1, 0.15) is 0 Å². The number of fused-ring (bicyclic) bond motifs is 3. The second-order valence-corrected chi connectivity index (χ2v) is 6.69. The van der Waals surface area contributed by atoms with Gasteiger partial charge in [-0.25, -0.2) is 0 Å². The molecule has 0 heterocycles. The van der Waals surface area contributed by atoms with Crippen molar-refractivity contribution in [3.8, 4) is 0 Å². The number of rotatable bonds is 3. The highest BCUT2D eigenvalue weighted by atomic mass is 14.8. The molecule has 0 radical (unpaired) electrons. The first-order valence-electron chi connectivity index (χ1n) is 8.00. The van der Waals surface area contributed by atoms with Gasteiger partial charge >= 0.3 is 0 Å². The summed E-state index contributed by atoms with van der Waals surface area (Å²) in [6.45, 7) is 1.18. The minimum absolute atomic E-state index is 0.783. The fraction of sp³-hybridized carbons (Fsp3) is 0.474. The van der Waals surface area contributed by atoms with E-state index in [-0.39, 0.29) is 0 Å². The lowest BCUT2D eigenvalue weighted by Gasteiger charge is -2.31. The van der Waals surface area contributed by atoms with Crippen molar-refractivity contribution >= 4 is 10.8 Å². The van der Waals surface area contributed by atoms with Crippen LogP contribution in [0.15, 0.2) is 42.5 Å². The van der Waals surface area contributed by atoms with Crippen LogP contribution in [0, 0.1) is 17.8 Å². The third-order valence-electron chi connectivity index (χ3n) is 5.69. The summed E-state index contributed by atoms with van der Waals surface area (Å²) in [6, 6.07) is 15.9.